The molecule has 31 heavy (non-hydrogen) atoms. The molecule has 0 radical (unpaired) electrons. The predicted octanol–water partition coefficient (Wildman–Crippen LogP) is 3.17. The van der Waals surface area contributed by atoms with Crippen molar-refractivity contribution in [2.24, 2.45) is 7.05 Å². The molecule has 2 aromatic heterocycles. The van der Waals surface area contributed by atoms with Gasteiger partial charge in [-0.25, -0.2) is 4.79 Å². The molecule has 0 saturated heterocycles. The van der Waals surface area contributed by atoms with Crippen LogP contribution >= 0.6 is 0 Å². The molecule has 0 aliphatic rings. The van der Waals surface area contributed by atoms with Crippen molar-refractivity contribution in [3.05, 3.63) is 71.0 Å². The number of carbonyl (C=O) groups excluding carboxylic acids is 2. The van der Waals surface area contributed by atoms with Crippen molar-refractivity contribution in [1.29, 1.82) is 0 Å². The van der Waals surface area contributed by atoms with Gasteiger partial charge < -0.3 is 29.5 Å². The van der Waals surface area contributed by atoms with Gasteiger partial charge in [-0.15, -0.1) is 0 Å². The normalized spacial score (nSPS) is 11.5. The van der Waals surface area contributed by atoms with E-state index in [0.717, 1.165) is 11.1 Å². The van der Waals surface area contributed by atoms with E-state index in [1.807, 2.05) is 12.1 Å². The van der Waals surface area contributed by atoms with E-state index in [0.29, 0.717) is 5.56 Å². The number of aryl methyl sites for hydroxylation is 1. The monoisotopic (exact) mass is 425 g/mol. The van der Waals surface area contributed by atoms with Gasteiger partial charge in [0, 0.05) is 18.8 Å². The van der Waals surface area contributed by atoms with Crippen LogP contribution in [0.3, 0.4) is 0 Å². The third kappa shape index (κ3) is 5.33. The molecule has 3 aromatic rings. The van der Waals surface area contributed by atoms with Gasteiger partial charge in [0.2, 0.25) is 0 Å². The molecular formula is C22H23N3O6. The number of amides is 2. The smallest absolute Gasteiger partial charge is 0.319 e. The first-order valence-corrected chi connectivity index (χ1v) is 9.63. The maximum Gasteiger partial charge on any atom is 0.319 e. The van der Waals surface area contributed by atoms with E-state index in [9.17, 15) is 19.5 Å². The van der Waals surface area contributed by atoms with E-state index in [1.54, 1.807) is 37.6 Å². The molecule has 0 aliphatic carbocycles. The molecule has 9 nitrogen and oxygen atoms in total. The Balaban J connectivity index is 1.85. The van der Waals surface area contributed by atoms with E-state index in [4.69, 9.17) is 9.15 Å². The van der Waals surface area contributed by atoms with Gasteiger partial charge in [-0.3, -0.25) is 9.59 Å². The van der Waals surface area contributed by atoms with Crippen LogP contribution in [0.4, 0.5) is 10.5 Å². The van der Waals surface area contributed by atoms with E-state index in [2.05, 4.69) is 10.6 Å². The van der Waals surface area contributed by atoms with Crippen molar-refractivity contribution in [2.45, 2.75) is 19.4 Å². The van der Waals surface area contributed by atoms with Crippen molar-refractivity contribution in [1.82, 2.24) is 9.88 Å². The lowest BCUT2D eigenvalue weighted by Crippen LogP contribution is -2.36. The molecule has 9 heteroatoms. The van der Waals surface area contributed by atoms with Gasteiger partial charge >= 0.3 is 12.0 Å². The largest absolute Gasteiger partial charge is 0.505 e. The van der Waals surface area contributed by atoms with Gasteiger partial charge in [-0.2, -0.15) is 0 Å². The number of aromatic nitrogens is 1. The van der Waals surface area contributed by atoms with Gasteiger partial charge in [-0.1, -0.05) is 18.2 Å². The number of nitrogens with zero attached hydrogens (tertiary/aromatic N) is 1. The second-order valence-corrected chi connectivity index (χ2v) is 6.79. The van der Waals surface area contributed by atoms with Crippen LogP contribution < -0.4 is 16.2 Å². The molecule has 0 bridgehead atoms. The van der Waals surface area contributed by atoms with Crippen LogP contribution in [0.25, 0.3) is 11.1 Å². The lowest BCUT2D eigenvalue weighted by molar-refractivity contribution is -0.143. The maximum absolute atomic E-state index is 12.6. The highest BCUT2D eigenvalue weighted by molar-refractivity contribution is 5.91. The van der Waals surface area contributed by atoms with Gasteiger partial charge in [-0.05, 0) is 36.2 Å². The Bertz CT molecular complexity index is 1120. The zero-order valence-electron chi connectivity index (χ0n) is 17.1. The summed E-state index contributed by atoms with van der Waals surface area (Å²) in [4.78, 5) is 36.9. The third-order valence-corrected chi connectivity index (χ3v) is 4.61. The molecule has 0 aliphatic heterocycles. The molecular weight excluding hydrogens is 402 g/mol. The molecule has 2 amide bonds. The summed E-state index contributed by atoms with van der Waals surface area (Å²) in [6.45, 7) is 1.90. The van der Waals surface area contributed by atoms with Crippen LogP contribution in [0.2, 0.25) is 0 Å². The van der Waals surface area contributed by atoms with E-state index >= 15 is 0 Å². The summed E-state index contributed by atoms with van der Waals surface area (Å²) in [6.07, 6.45) is 4.41. The topological polar surface area (TPSA) is 123 Å². The van der Waals surface area contributed by atoms with Gasteiger partial charge in [0.15, 0.2) is 5.69 Å². The van der Waals surface area contributed by atoms with Gasteiger partial charge in [0.1, 0.15) is 5.75 Å². The average molecular weight is 425 g/mol. The lowest BCUT2D eigenvalue weighted by Gasteiger charge is -2.20. The number of pyridine rings is 1. The van der Waals surface area contributed by atoms with E-state index in [-0.39, 0.29) is 24.5 Å². The summed E-state index contributed by atoms with van der Waals surface area (Å²) in [5.74, 6) is -0.845. The van der Waals surface area contributed by atoms with Crippen molar-refractivity contribution < 1.29 is 23.8 Å². The Morgan fingerprint density at radius 2 is 2.03 bits per heavy atom. The van der Waals surface area contributed by atoms with Crippen LogP contribution in [0.5, 0.6) is 5.75 Å². The van der Waals surface area contributed by atoms with E-state index < -0.39 is 23.6 Å². The Morgan fingerprint density at radius 3 is 2.74 bits per heavy atom. The summed E-state index contributed by atoms with van der Waals surface area (Å²) in [5.41, 5.74) is 1.52. The Kier molecular flexibility index (Phi) is 6.76. The minimum Gasteiger partial charge on any atom is -0.505 e. The fraction of sp³-hybridized carbons (Fsp3) is 0.227. The molecule has 3 rings (SSSR count). The minimum absolute atomic E-state index is 0.116. The number of aromatic hydroxyl groups is 1. The second-order valence-electron chi connectivity index (χ2n) is 6.79. The lowest BCUT2D eigenvalue weighted by atomic mass is 9.99. The van der Waals surface area contributed by atoms with Crippen LogP contribution in [0, 0.1) is 0 Å². The maximum atomic E-state index is 12.6. The molecule has 162 valence electrons. The van der Waals surface area contributed by atoms with E-state index in [1.165, 1.54) is 23.9 Å². The van der Waals surface area contributed by atoms with Crippen molar-refractivity contribution in [3.63, 3.8) is 0 Å². The van der Waals surface area contributed by atoms with Crippen molar-refractivity contribution in [3.8, 4) is 16.9 Å². The molecule has 0 saturated carbocycles. The standard InChI is InChI=1S/C22H23N3O6/c1-3-31-19(27)12-17(15-6-4-5-14(11-15)16-8-10-30-13-16)23-22(29)24-20-18(26)7-9-25(2)21(20)28/h4-11,13,17,26H,3,12H2,1-2H3,(H2,23,24,29)/t17-/m0/s1. The first-order chi connectivity index (χ1) is 14.9. The van der Waals surface area contributed by atoms with Crippen LogP contribution in [-0.4, -0.2) is 28.3 Å². The number of urea groups is 1. The Labute approximate surface area is 178 Å². The second kappa shape index (κ2) is 9.66. The van der Waals surface area contributed by atoms with Crippen molar-refractivity contribution >= 4 is 17.7 Å². The first kappa shape index (κ1) is 21.7. The van der Waals surface area contributed by atoms with Crippen LogP contribution in [-0.2, 0) is 16.6 Å². The molecule has 2 heterocycles. The number of hydrogen-bond donors (Lipinski definition) is 3. The summed E-state index contributed by atoms with van der Waals surface area (Å²) in [6, 6.07) is 8.88. The fourth-order valence-electron chi connectivity index (χ4n) is 3.05. The number of esters is 1. The fourth-order valence-corrected chi connectivity index (χ4v) is 3.05. The SMILES string of the molecule is CCOC(=O)C[C@H](NC(=O)Nc1c(O)ccn(C)c1=O)c1cccc(-c2ccoc2)c1. The minimum atomic E-state index is -0.749. The molecule has 3 N–H and O–H groups in total. The van der Waals surface area contributed by atoms with Crippen LogP contribution in [0.15, 0.2) is 64.3 Å². The number of benzene rings is 1. The number of ether oxygens (including phenoxy) is 1. The van der Waals surface area contributed by atoms with Crippen molar-refractivity contribution in [2.75, 3.05) is 11.9 Å². The van der Waals surface area contributed by atoms with Crippen LogP contribution in [0.1, 0.15) is 24.9 Å². The predicted molar refractivity (Wildman–Crippen MR) is 114 cm³/mol. The number of hydrogen-bond acceptors (Lipinski definition) is 6. The van der Waals surface area contributed by atoms with Gasteiger partial charge in [0.05, 0.1) is 31.6 Å². The number of carbonyl (C=O) groups is 2. The third-order valence-electron chi connectivity index (χ3n) is 4.61. The zero-order chi connectivity index (χ0) is 22.4. The van der Waals surface area contributed by atoms with Gasteiger partial charge in [0.25, 0.3) is 5.56 Å². The number of anilines is 1. The molecule has 0 fully saturated rings. The summed E-state index contributed by atoms with van der Waals surface area (Å²) in [7, 11) is 1.50. The summed E-state index contributed by atoms with van der Waals surface area (Å²) < 4.78 is 11.4. The Hall–Kier alpha value is -4.01. The number of rotatable bonds is 7. The zero-order valence-corrected chi connectivity index (χ0v) is 17.1. The molecule has 1 atom stereocenters. The molecule has 0 spiro atoms. The highest BCUT2D eigenvalue weighted by Crippen LogP contribution is 2.26. The average Bonchev–Trinajstić information content (AvgIpc) is 3.29. The molecule has 0 unspecified atom stereocenters. The highest BCUT2D eigenvalue weighted by atomic mass is 16.5. The first-order valence-electron chi connectivity index (χ1n) is 9.63. The highest BCUT2D eigenvalue weighted by Gasteiger charge is 2.21. The Morgan fingerprint density at radius 1 is 1.23 bits per heavy atom. The summed E-state index contributed by atoms with van der Waals surface area (Å²) in [5, 5.41) is 15.0. The number of furan rings is 1. The quantitative estimate of drug-likeness (QED) is 0.500. The number of nitrogens with one attached hydrogen (secondary N) is 2. The summed E-state index contributed by atoms with van der Waals surface area (Å²) >= 11 is 0. The molecule has 1 aromatic carbocycles.